The summed E-state index contributed by atoms with van der Waals surface area (Å²) in [5.74, 6) is 0.695. The van der Waals surface area contributed by atoms with E-state index in [0.29, 0.717) is 11.4 Å². The van der Waals surface area contributed by atoms with E-state index in [1.54, 1.807) is 24.3 Å². The van der Waals surface area contributed by atoms with Gasteiger partial charge in [-0.25, -0.2) is 4.79 Å². The van der Waals surface area contributed by atoms with E-state index >= 15 is 0 Å². The van der Waals surface area contributed by atoms with Gasteiger partial charge >= 0.3 is 12.2 Å². The number of amides is 2. The maximum absolute atomic E-state index is 12.3. The molecule has 2 N–H and O–H groups in total. The summed E-state index contributed by atoms with van der Waals surface area (Å²) in [6, 6.07) is 5.92. The number of alkyl halides is 3. The topological polar surface area (TPSA) is 61.8 Å². The zero-order valence-corrected chi connectivity index (χ0v) is 13.3. The van der Waals surface area contributed by atoms with Crippen LogP contribution in [-0.4, -0.2) is 48.0 Å². The number of likely N-dealkylation sites (N-methyl/N-ethyl adjacent to an activating group) is 1. The van der Waals surface area contributed by atoms with Gasteiger partial charge in [-0.15, -0.1) is 0 Å². The molecule has 0 radical (unpaired) electrons. The summed E-state index contributed by atoms with van der Waals surface area (Å²) in [5.41, 5.74) is 0.437. The lowest BCUT2D eigenvalue weighted by Gasteiger charge is -2.22. The second kappa shape index (κ2) is 7.74. The minimum Gasteiger partial charge on any atom is -0.490 e. The van der Waals surface area contributed by atoms with E-state index in [1.807, 2.05) is 0 Å². The average Bonchev–Trinajstić information content (AvgIpc) is 3.01. The largest absolute Gasteiger partial charge is 0.490 e. The monoisotopic (exact) mass is 346 g/mol. The van der Waals surface area contributed by atoms with Gasteiger partial charge in [-0.1, -0.05) is 0 Å². The second-order valence-corrected chi connectivity index (χ2v) is 5.92. The Morgan fingerprint density at radius 2 is 1.92 bits per heavy atom. The number of nitrogens with zero attached hydrogens (tertiary/aromatic N) is 1. The van der Waals surface area contributed by atoms with Crippen LogP contribution in [0.4, 0.5) is 23.7 Å². The number of halogens is 3. The Hall–Kier alpha value is -1.96. The Morgan fingerprint density at radius 1 is 1.33 bits per heavy atom. The van der Waals surface area contributed by atoms with Crippen molar-refractivity contribution in [2.75, 3.05) is 18.9 Å². The number of aliphatic hydroxyl groups excluding tert-OH is 1. The Kier molecular flexibility index (Phi) is 5.93. The van der Waals surface area contributed by atoms with Crippen LogP contribution in [0.3, 0.4) is 0 Å². The molecular weight excluding hydrogens is 325 g/mol. The number of carbonyl (C=O) groups is 1. The molecule has 134 valence electrons. The van der Waals surface area contributed by atoms with Gasteiger partial charge in [0.25, 0.3) is 0 Å². The zero-order valence-electron chi connectivity index (χ0n) is 13.3. The normalized spacial score (nSPS) is 16.7. The number of anilines is 1. The van der Waals surface area contributed by atoms with Gasteiger partial charge in [0.2, 0.25) is 0 Å². The lowest BCUT2D eigenvalue weighted by Crippen LogP contribution is -2.43. The Balaban J connectivity index is 1.84. The third-order valence-corrected chi connectivity index (χ3v) is 3.88. The van der Waals surface area contributed by atoms with E-state index < -0.39 is 24.9 Å². The van der Waals surface area contributed by atoms with E-state index in [0.717, 1.165) is 30.6 Å². The van der Waals surface area contributed by atoms with Crippen molar-refractivity contribution in [3.8, 4) is 5.75 Å². The first-order valence-electron chi connectivity index (χ1n) is 7.79. The van der Waals surface area contributed by atoms with E-state index in [9.17, 15) is 18.0 Å². The van der Waals surface area contributed by atoms with Crippen LogP contribution in [0.5, 0.6) is 5.75 Å². The number of hydrogen-bond donors (Lipinski definition) is 2. The maximum atomic E-state index is 12.3. The SMILES string of the molecule is CN(C[C@H](O)C(F)(F)F)C(=O)Nc1ccc(OC2CCCC2)cc1. The fraction of sp³-hybridized carbons (Fsp3) is 0.562. The van der Waals surface area contributed by atoms with Crippen LogP contribution in [0.2, 0.25) is 0 Å². The molecular formula is C16H21F3N2O3. The number of aliphatic hydroxyl groups is 1. The number of benzene rings is 1. The minimum atomic E-state index is -4.76. The number of hydrogen-bond acceptors (Lipinski definition) is 3. The van der Waals surface area contributed by atoms with Crippen LogP contribution >= 0.6 is 0 Å². The number of carbonyl (C=O) groups excluding carboxylic acids is 1. The molecule has 24 heavy (non-hydrogen) atoms. The molecule has 1 aliphatic carbocycles. The molecule has 0 bridgehead atoms. The van der Waals surface area contributed by atoms with Gasteiger partial charge in [0.1, 0.15) is 5.75 Å². The van der Waals surface area contributed by atoms with Crippen LogP contribution in [0.15, 0.2) is 24.3 Å². The number of nitrogens with one attached hydrogen (secondary N) is 1. The minimum absolute atomic E-state index is 0.223. The second-order valence-electron chi connectivity index (χ2n) is 5.92. The summed E-state index contributed by atoms with van der Waals surface area (Å²) in [4.78, 5) is 12.6. The van der Waals surface area contributed by atoms with Crippen molar-refractivity contribution in [3.63, 3.8) is 0 Å². The molecule has 1 atom stereocenters. The summed E-state index contributed by atoms with van der Waals surface area (Å²) < 4.78 is 42.7. The lowest BCUT2D eigenvalue weighted by atomic mass is 10.2. The van der Waals surface area contributed by atoms with Crippen molar-refractivity contribution in [1.82, 2.24) is 4.90 Å². The van der Waals surface area contributed by atoms with Gasteiger partial charge < -0.3 is 20.1 Å². The van der Waals surface area contributed by atoms with Crippen molar-refractivity contribution in [1.29, 1.82) is 0 Å². The average molecular weight is 346 g/mol. The first kappa shape index (κ1) is 18.4. The van der Waals surface area contributed by atoms with Gasteiger partial charge in [-0.2, -0.15) is 13.2 Å². The molecule has 0 aliphatic heterocycles. The van der Waals surface area contributed by atoms with Crippen LogP contribution < -0.4 is 10.1 Å². The molecule has 5 nitrogen and oxygen atoms in total. The first-order chi connectivity index (χ1) is 11.3. The molecule has 2 amide bonds. The first-order valence-corrected chi connectivity index (χ1v) is 7.79. The predicted octanol–water partition coefficient (Wildman–Crippen LogP) is 3.39. The third kappa shape index (κ3) is 5.30. The smallest absolute Gasteiger partial charge is 0.416 e. The quantitative estimate of drug-likeness (QED) is 0.859. The molecule has 1 aromatic carbocycles. The van der Waals surface area contributed by atoms with E-state index in [4.69, 9.17) is 9.84 Å². The molecule has 8 heteroatoms. The molecule has 1 saturated carbocycles. The van der Waals surface area contributed by atoms with Gasteiger partial charge in [0.15, 0.2) is 6.10 Å². The van der Waals surface area contributed by atoms with Gasteiger partial charge in [0.05, 0.1) is 12.6 Å². The fourth-order valence-electron chi connectivity index (χ4n) is 2.48. The third-order valence-electron chi connectivity index (χ3n) is 3.88. The van der Waals surface area contributed by atoms with Crippen molar-refractivity contribution in [2.24, 2.45) is 0 Å². The summed E-state index contributed by atoms with van der Waals surface area (Å²) in [6.07, 6.45) is -2.72. The fourth-order valence-corrected chi connectivity index (χ4v) is 2.48. The Morgan fingerprint density at radius 3 is 2.46 bits per heavy atom. The van der Waals surface area contributed by atoms with Crippen LogP contribution in [0, 0.1) is 0 Å². The van der Waals surface area contributed by atoms with E-state index in [1.165, 1.54) is 7.05 Å². The summed E-state index contributed by atoms with van der Waals surface area (Å²) in [6.45, 7) is -0.835. The van der Waals surface area contributed by atoms with Crippen molar-refractivity contribution >= 4 is 11.7 Å². The van der Waals surface area contributed by atoms with Crippen LogP contribution in [0.1, 0.15) is 25.7 Å². The molecule has 1 aromatic rings. The maximum Gasteiger partial charge on any atom is 0.416 e. The van der Waals surface area contributed by atoms with Crippen LogP contribution in [-0.2, 0) is 0 Å². The Labute approximate surface area is 138 Å². The standard InChI is InChI=1S/C16H21F3N2O3/c1-21(10-14(22)16(17,18)19)15(23)20-11-6-8-13(9-7-11)24-12-4-2-3-5-12/h6-9,12,14,22H,2-5,10H2,1H3,(H,20,23)/t14-/m0/s1. The summed E-state index contributed by atoms with van der Waals surface area (Å²) in [7, 11) is 1.18. The van der Waals surface area contributed by atoms with Gasteiger partial charge in [-0.05, 0) is 49.9 Å². The van der Waals surface area contributed by atoms with E-state index in [-0.39, 0.29) is 6.10 Å². The lowest BCUT2D eigenvalue weighted by molar-refractivity contribution is -0.205. The molecule has 1 fully saturated rings. The van der Waals surface area contributed by atoms with E-state index in [2.05, 4.69) is 5.32 Å². The molecule has 0 aromatic heterocycles. The number of urea groups is 1. The number of ether oxygens (including phenoxy) is 1. The highest BCUT2D eigenvalue weighted by molar-refractivity contribution is 5.89. The van der Waals surface area contributed by atoms with Crippen LogP contribution in [0.25, 0.3) is 0 Å². The highest BCUT2D eigenvalue weighted by atomic mass is 19.4. The summed E-state index contributed by atoms with van der Waals surface area (Å²) >= 11 is 0. The summed E-state index contributed by atoms with van der Waals surface area (Å²) in [5, 5.41) is 11.5. The molecule has 0 heterocycles. The Bertz CT molecular complexity index is 542. The zero-order chi connectivity index (χ0) is 17.7. The van der Waals surface area contributed by atoms with Gasteiger partial charge in [0, 0.05) is 12.7 Å². The predicted molar refractivity (Wildman–Crippen MR) is 83.0 cm³/mol. The highest BCUT2D eigenvalue weighted by Gasteiger charge is 2.39. The number of rotatable bonds is 5. The molecule has 2 rings (SSSR count). The molecule has 0 unspecified atom stereocenters. The van der Waals surface area contributed by atoms with Crippen molar-refractivity contribution in [3.05, 3.63) is 24.3 Å². The molecule has 0 spiro atoms. The molecule has 1 aliphatic rings. The highest BCUT2D eigenvalue weighted by Crippen LogP contribution is 2.25. The van der Waals surface area contributed by atoms with Crippen molar-refractivity contribution in [2.45, 2.75) is 44.1 Å². The van der Waals surface area contributed by atoms with Crippen molar-refractivity contribution < 1.29 is 27.8 Å². The molecule has 0 saturated heterocycles. The van der Waals surface area contributed by atoms with Gasteiger partial charge in [-0.3, -0.25) is 0 Å².